The molecule has 0 bridgehead atoms. The van der Waals surface area contributed by atoms with Gasteiger partial charge in [-0.1, -0.05) is 36.4 Å². The Morgan fingerprint density at radius 2 is 2.04 bits per heavy atom. The molecule has 3 rings (SSSR count). The highest BCUT2D eigenvalue weighted by Gasteiger charge is 2.20. The molecule has 0 saturated carbocycles. The minimum atomic E-state index is -0.183. The van der Waals surface area contributed by atoms with Crippen molar-refractivity contribution in [1.82, 2.24) is 4.90 Å². The number of ether oxygens (including phenoxy) is 3. The first-order valence-electron chi connectivity index (χ1n) is 9.27. The Labute approximate surface area is 154 Å². The van der Waals surface area contributed by atoms with E-state index in [2.05, 4.69) is 23.1 Å². The van der Waals surface area contributed by atoms with E-state index >= 15 is 0 Å². The van der Waals surface area contributed by atoms with E-state index in [-0.39, 0.29) is 12.1 Å². The predicted molar refractivity (Wildman–Crippen MR) is 101 cm³/mol. The SMILES string of the molecule is COC(=O)CCN(CCOc1cccc2ccccc12)CC1CCCO1. The molecule has 1 atom stereocenters. The number of methoxy groups -OCH3 is 1. The van der Waals surface area contributed by atoms with Crippen LogP contribution in [0.15, 0.2) is 42.5 Å². The molecular weight excluding hydrogens is 330 g/mol. The highest BCUT2D eigenvalue weighted by atomic mass is 16.5. The average molecular weight is 357 g/mol. The maximum absolute atomic E-state index is 11.5. The zero-order chi connectivity index (χ0) is 18.2. The fourth-order valence-corrected chi connectivity index (χ4v) is 3.33. The number of benzene rings is 2. The fraction of sp³-hybridized carbons (Fsp3) is 0.476. The maximum atomic E-state index is 11.5. The van der Waals surface area contributed by atoms with Crippen LogP contribution in [0.1, 0.15) is 19.3 Å². The summed E-state index contributed by atoms with van der Waals surface area (Å²) < 4.78 is 16.6. The number of fused-ring (bicyclic) bond motifs is 1. The summed E-state index contributed by atoms with van der Waals surface area (Å²) in [6.45, 7) is 3.64. The summed E-state index contributed by atoms with van der Waals surface area (Å²) in [6, 6.07) is 14.3. The molecular formula is C21H27NO4. The molecule has 2 aromatic rings. The lowest BCUT2D eigenvalue weighted by Gasteiger charge is -2.25. The quantitative estimate of drug-likeness (QED) is 0.645. The van der Waals surface area contributed by atoms with Gasteiger partial charge in [0.05, 0.1) is 19.6 Å². The van der Waals surface area contributed by atoms with E-state index in [1.807, 2.05) is 24.3 Å². The van der Waals surface area contributed by atoms with Gasteiger partial charge in [0.25, 0.3) is 0 Å². The summed E-state index contributed by atoms with van der Waals surface area (Å²) in [5.41, 5.74) is 0. The van der Waals surface area contributed by atoms with Crippen LogP contribution in [0.25, 0.3) is 10.8 Å². The molecule has 26 heavy (non-hydrogen) atoms. The van der Waals surface area contributed by atoms with E-state index in [0.717, 1.165) is 43.7 Å². The molecule has 5 heteroatoms. The van der Waals surface area contributed by atoms with Gasteiger partial charge in [0.2, 0.25) is 0 Å². The normalized spacial score (nSPS) is 16.9. The Hall–Kier alpha value is -2.11. The van der Waals surface area contributed by atoms with Crippen molar-refractivity contribution in [3.05, 3.63) is 42.5 Å². The van der Waals surface area contributed by atoms with E-state index < -0.39 is 0 Å². The van der Waals surface area contributed by atoms with Gasteiger partial charge in [-0.15, -0.1) is 0 Å². The van der Waals surface area contributed by atoms with Crippen LogP contribution in [0.3, 0.4) is 0 Å². The van der Waals surface area contributed by atoms with Gasteiger partial charge in [0.1, 0.15) is 12.4 Å². The van der Waals surface area contributed by atoms with E-state index in [1.54, 1.807) is 0 Å². The molecule has 1 fully saturated rings. The summed E-state index contributed by atoms with van der Waals surface area (Å²) in [7, 11) is 1.43. The zero-order valence-corrected chi connectivity index (χ0v) is 15.4. The first kappa shape index (κ1) is 18.7. The van der Waals surface area contributed by atoms with Crippen molar-refractivity contribution in [2.45, 2.75) is 25.4 Å². The second-order valence-electron chi connectivity index (χ2n) is 6.59. The lowest BCUT2D eigenvalue weighted by atomic mass is 10.1. The first-order valence-corrected chi connectivity index (χ1v) is 9.27. The lowest BCUT2D eigenvalue weighted by molar-refractivity contribution is -0.141. The van der Waals surface area contributed by atoms with Crippen LogP contribution in [0.4, 0.5) is 0 Å². The van der Waals surface area contributed by atoms with Gasteiger partial charge in [-0.25, -0.2) is 0 Å². The zero-order valence-electron chi connectivity index (χ0n) is 15.4. The first-order chi connectivity index (χ1) is 12.8. The summed E-state index contributed by atoms with van der Waals surface area (Å²) in [5.74, 6) is 0.713. The van der Waals surface area contributed by atoms with Gasteiger partial charge in [0.15, 0.2) is 0 Å². The number of nitrogens with zero attached hydrogens (tertiary/aromatic N) is 1. The lowest BCUT2D eigenvalue weighted by Crippen LogP contribution is -2.37. The largest absolute Gasteiger partial charge is 0.492 e. The van der Waals surface area contributed by atoms with E-state index in [4.69, 9.17) is 14.2 Å². The van der Waals surface area contributed by atoms with Crippen molar-refractivity contribution < 1.29 is 19.0 Å². The van der Waals surface area contributed by atoms with Crippen LogP contribution in [-0.4, -0.2) is 56.9 Å². The summed E-state index contributed by atoms with van der Waals surface area (Å²) >= 11 is 0. The maximum Gasteiger partial charge on any atom is 0.306 e. The minimum absolute atomic E-state index is 0.183. The number of hydrogen-bond acceptors (Lipinski definition) is 5. The van der Waals surface area contributed by atoms with Crippen LogP contribution in [-0.2, 0) is 14.3 Å². The molecule has 1 aliphatic heterocycles. The molecule has 0 radical (unpaired) electrons. The molecule has 0 spiro atoms. The predicted octanol–water partition coefficient (Wildman–Crippen LogP) is 3.26. The van der Waals surface area contributed by atoms with Crippen LogP contribution in [0, 0.1) is 0 Å². The second kappa shape index (κ2) is 9.55. The van der Waals surface area contributed by atoms with E-state index in [9.17, 15) is 4.79 Å². The summed E-state index contributed by atoms with van der Waals surface area (Å²) in [4.78, 5) is 13.7. The highest BCUT2D eigenvalue weighted by Crippen LogP contribution is 2.25. The minimum Gasteiger partial charge on any atom is -0.492 e. The molecule has 0 amide bonds. The van der Waals surface area contributed by atoms with Crippen molar-refractivity contribution in [2.24, 2.45) is 0 Å². The van der Waals surface area contributed by atoms with Crippen molar-refractivity contribution in [2.75, 3.05) is 40.0 Å². The third kappa shape index (κ3) is 5.19. The summed E-state index contributed by atoms with van der Waals surface area (Å²) in [5, 5.41) is 2.29. The fourth-order valence-electron chi connectivity index (χ4n) is 3.33. The van der Waals surface area contributed by atoms with Crippen LogP contribution in [0.5, 0.6) is 5.75 Å². The van der Waals surface area contributed by atoms with Gasteiger partial charge in [-0.3, -0.25) is 9.69 Å². The van der Waals surface area contributed by atoms with Crippen LogP contribution in [0.2, 0.25) is 0 Å². The van der Waals surface area contributed by atoms with Gasteiger partial charge in [0, 0.05) is 31.6 Å². The number of esters is 1. The van der Waals surface area contributed by atoms with Crippen molar-refractivity contribution in [1.29, 1.82) is 0 Å². The molecule has 0 aromatic heterocycles. The second-order valence-corrected chi connectivity index (χ2v) is 6.59. The van der Waals surface area contributed by atoms with Crippen molar-refractivity contribution in [3.8, 4) is 5.75 Å². The molecule has 1 unspecified atom stereocenters. The number of carbonyl (C=O) groups is 1. The summed E-state index contributed by atoms with van der Waals surface area (Å²) in [6.07, 6.45) is 2.84. The van der Waals surface area contributed by atoms with Gasteiger partial charge in [-0.05, 0) is 24.3 Å². The molecule has 1 heterocycles. The Bertz CT molecular complexity index is 707. The van der Waals surface area contributed by atoms with Gasteiger partial charge >= 0.3 is 5.97 Å². The number of hydrogen-bond donors (Lipinski definition) is 0. The Balaban J connectivity index is 1.56. The molecule has 0 aliphatic carbocycles. The van der Waals surface area contributed by atoms with Crippen molar-refractivity contribution in [3.63, 3.8) is 0 Å². The highest BCUT2D eigenvalue weighted by molar-refractivity contribution is 5.88. The molecule has 5 nitrogen and oxygen atoms in total. The Morgan fingerprint density at radius 1 is 1.19 bits per heavy atom. The standard InChI is InChI=1S/C21H27NO4/c1-24-21(23)11-12-22(16-18-8-5-14-25-18)13-15-26-20-10-4-7-17-6-2-3-9-19(17)20/h2-4,6-7,9-10,18H,5,8,11-16H2,1H3. The van der Waals surface area contributed by atoms with E-state index in [1.165, 1.54) is 12.5 Å². The molecule has 1 saturated heterocycles. The molecule has 1 aliphatic rings. The monoisotopic (exact) mass is 357 g/mol. The number of rotatable bonds is 9. The average Bonchev–Trinajstić information content (AvgIpc) is 3.19. The molecule has 2 aromatic carbocycles. The van der Waals surface area contributed by atoms with Gasteiger partial charge < -0.3 is 14.2 Å². The molecule has 0 N–H and O–H groups in total. The number of carbonyl (C=O) groups excluding carboxylic acids is 1. The third-order valence-corrected chi connectivity index (χ3v) is 4.76. The van der Waals surface area contributed by atoms with Crippen LogP contribution >= 0.6 is 0 Å². The smallest absolute Gasteiger partial charge is 0.306 e. The topological polar surface area (TPSA) is 48.0 Å². The Kier molecular flexibility index (Phi) is 6.86. The van der Waals surface area contributed by atoms with E-state index in [0.29, 0.717) is 19.6 Å². The Morgan fingerprint density at radius 3 is 2.85 bits per heavy atom. The third-order valence-electron chi connectivity index (χ3n) is 4.76. The van der Waals surface area contributed by atoms with Crippen molar-refractivity contribution >= 4 is 16.7 Å². The van der Waals surface area contributed by atoms with Crippen LogP contribution < -0.4 is 4.74 Å². The molecule has 140 valence electrons. The van der Waals surface area contributed by atoms with Gasteiger partial charge in [-0.2, -0.15) is 0 Å².